The number of aromatic nitrogens is 1. The van der Waals surface area contributed by atoms with E-state index in [1.165, 1.54) is 14.6 Å². The Bertz CT molecular complexity index is 392. The zero-order valence-corrected chi connectivity index (χ0v) is 10.3. The highest BCUT2D eigenvalue weighted by atomic mass is 32.1. The molecule has 15 heavy (non-hydrogen) atoms. The van der Waals surface area contributed by atoms with Crippen LogP contribution in [0.15, 0.2) is 23.8 Å². The largest absolute Gasteiger partial charge is 0.307 e. The molecule has 0 aliphatic heterocycles. The van der Waals surface area contributed by atoms with Crippen molar-refractivity contribution in [1.29, 1.82) is 0 Å². The van der Waals surface area contributed by atoms with Crippen LogP contribution in [0.5, 0.6) is 0 Å². The molecule has 1 N–H and O–H groups in total. The molecule has 0 fully saturated rings. The van der Waals surface area contributed by atoms with Gasteiger partial charge in [0.15, 0.2) is 0 Å². The van der Waals surface area contributed by atoms with E-state index in [0.717, 1.165) is 19.5 Å². The fraction of sp³-hybridized carbons (Fsp3) is 0.364. The molecule has 0 radical (unpaired) electrons. The molecule has 0 unspecified atom stereocenters. The minimum atomic E-state index is 0.921. The van der Waals surface area contributed by atoms with Crippen molar-refractivity contribution in [3.05, 3.63) is 38.5 Å². The number of thiazole rings is 1. The minimum absolute atomic E-state index is 0.921. The molecule has 0 spiro atoms. The fourth-order valence-electron chi connectivity index (χ4n) is 1.35. The van der Waals surface area contributed by atoms with Crippen LogP contribution < -0.4 is 5.32 Å². The maximum atomic E-state index is 4.05. The van der Waals surface area contributed by atoms with E-state index in [-0.39, 0.29) is 0 Å². The van der Waals surface area contributed by atoms with Gasteiger partial charge >= 0.3 is 0 Å². The summed E-state index contributed by atoms with van der Waals surface area (Å²) in [6.45, 7) is 4.08. The van der Waals surface area contributed by atoms with E-state index in [1.807, 2.05) is 23.0 Å². The molecule has 2 aromatic heterocycles. The number of thiophene rings is 1. The van der Waals surface area contributed by atoms with Crippen molar-refractivity contribution in [2.75, 3.05) is 0 Å². The van der Waals surface area contributed by atoms with Crippen LogP contribution >= 0.6 is 22.7 Å². The molecule has 0 aliphatic rings. The molecule has 0 amide bonds. The zero-order chi connectivity index (χ0) is 10.5. The van der Waals surface area contributed by atoms with Crippen LogP contribution in [-0.4, -0.2) is 4.98 Å². The molecular weight excluding hydrogens is 224 g/mol. The van der Waals surface area contributed by atoms with Crippen molar-refractivity contribution >= 4 is 22.7 Å². The lowest BCUT2D eigenvalue weighted by Gasteiger charge is -1.99. The summed E-state index contributed by atoms with van der Waals surface area (Å²) in [5.41, 5.74) is 1.87. The topological polar surface area (TPSA) is 24.9 Å². The van der Waals surface area contributed by atoms with Gasteiger partial charge in [-0.05, 0) is 18.6 Å². The molecule has 0 saturated heterocycles. The van der Waals surface area contributed by atoms with Gasteiger partial charge in [-0.2, -0.15) is 0 Å². The Kier molecular flexibility index (Phi) is 3.88. The number of hydrogen-bond donors (Lipinski definition) is 1. The zero-order valence-electron chi connectivity index (χ0n) is 8.69. The lowest BCUT2D eigenvalue weighted by molar-refractivity contribution is 0.708. The second-order valence-electron chi connectivity index (χ2n) is 3.29. The molecule has 2 heterocycles. The number of nitrogens with zero attached hydrogens (tertiary/aromatic N) is 1. The first-order valence-corrected chi connectivity index (χ1v) is 6.73. The summed E-state index contributed by atoms with van der Waals surface area (Å²) < 4.78 is 0. The summed E-state index contributed by atoms with van der Waals surface area (Å²) in [7, 11) is 0. The van der Waals surface area contributed by atoms with Crippen LogP contribution in [0.3, 0.4) is 0 Å². The van der Waals surface area contributed by atoms with Crippen LogP contribution in [0.25, 0.3) is 0 Å². The van der Waals surface area contributed by atoms with E-state index in [2.05, 4.69) is 29.4 Å². The van der Waals surface area contributed by atoms with E-state index in [4.69, 9.17) is 0 Å². The lowest BCUT2D eigenvalue weighted by atomic mass is 10.3. The van der Waals surface area contributed by atoms with Crippen LogP contribution in [0.1, 0.15) is 21.6 Å². The molecule has 4 heteroatoms. The average Bonchev–Trinajstić information content (AvgIpc) is 2.88. The summed E-state index contributed by atoms with van der Waals surface area (Å²) in [6.07, 6.45) is 3.06. The molecular formula is C11H14N2S2. The number of hydrogen-bond acceptors (Lipinski definition) is 4. The molecule has 0 saturated carbocycles. The predicted molar refractivity (Wildman–Crippen MR) is 66.4 cm³/mol. The summed E-state index contributed by atoms with van der Waals surface area (Å²) in [6, 6.07) is 4.43. The second kappa shape index (κ2) is 5.39. The third-order valence-corrected chi connectivity index (χ3v) is 4.16. The Morgan fingerprint density at radius 3 is 2.67 bits per heavy atom. The maximum absolute atomic E-state index is 4.05. The van der Waals surface area contributed by atoms with Gasteiger partial charge in [0.2, 0.25) is 0 Å². The van der Waals surface area contributed by atoms with Crippen molar-refractivity contribution in [1.82, 2.24) is 10.3 Å². The molecule has 2 aromatic rings. The van der Waals surface area contributed by atoms with Gasteiger partial charge in [0.25, 0.3) is 0 Å². The van der Waals surface area contributed by atoms with Gasteiger partial charge in [-0.3, -0.25) is 4.98 Å². The van der Waals surface area contributed by atoms with E-state index >= 15 is 0 Å². The molecule has 80 valence electrons. The van der Waals surface area contributed by atoms with Crippen molar-refractivity contribution in [3.63, 3.8) is 0 Å². The number of aryl methyl sites for hydroxylation is 1. The standard InChI is InChI=1S/C11H14N2S2/c1-2-9-3-4-10(15-9)5-12-6-11-7-13-8-14-11/h3-4,7-8,12H,2,5-6H2,1H3. The van der Waals surface area contributed by atoms with Crippen LogP contribution in [0.2, 0.25) is 0 Å². The molecule has 2 nitrogen and oxygen atoms in total. The van der Waals surface area contributed by atoms with E-state index in [1.54, 1.807) is 11.3 Å². The minimum Gasteiger partial charge on any atom is -0.307 e. The highest BCUT2D eigenvalue weighted by molar-refractivity contribution is 7.12. The Morgan fingerprint density at radius 2 is 2.00 bits per heavy atom. The maximum Gasteiger partial charge on any atom is 0.0794 e. The molecule has 0 bridgehead atoms. The first kappa shape index (κ1) is 10.8. The highest BCUT2D eigenvalue weighted by Gasteiger charge is 1.98. The third-order valence-electron chi connectivity index (χ3n) is 2.15. The monoisotopic (exact) mass is 238 g/mol. The SMILES string of the molecule is CCc1ccc(CNCc2cncs2)s1. The summed E-state index contributed by atoms with van der Waals surface area (Å²) in [4.78, 5) is 8.22. The Balaban J connectivity index is 1.78. The Hall–Kier alpha value is -0.710. The molecule has 2 rings (SSSR count). The van der Waals surface area contributed by atoms with Gasteiger partial charge in [0, 0.05) is 33.9 Å². The fourth-order valence-corrected chi connectivity index (χ4v) is 2.84. The lowest BCUT2D eigenvalue weighted by Crippen LogP contribution is -2.10. The average molecular weight is 238 g/mol. The Morgan fingerprint density at radius 1 is 1.20 bits per heavy atom. The van der Waals surface area contributed by atoms with E-state index in [0.29, 0.717) is 0 Å². The van der Waals surface area contributed by atoms with Crippen molar-refractivity contribution in [2.45, 2.75) is 26.4 Å². The Labute approximate surface area is 98.0 Å². The quantitative estimate of drug-likeness (QED) is 0.866. The van der Waals surface area contributed by atoms with E-state index in [9.17, 15) is 0 Å². The highest BCUT2D eigenvalue weighted by Crippen LogP contribution is 2.16. The summed E-state index contributed by atoms with van der Waals surface area (Å²) in [5, 5.41) is 3.42. The van der Waals surface area contributed by atoms with Gasteiger partial charge < -0.3 is 5.32 Å². The first-order valence-electron chi connectivity index (χ1n) is 5.04. The van der Waals surface area contributed by atoms with Gasteiger partial charge in [0.05, 0.1) is 5.51 Å². The first-order chi connectivity index (χ1) is 7.38. The second-order valence-corrected chi connectivity index (χ2v) is 5.52. The summed E-state index contributed by atoms with van der Waals surface area (Å²) >= 11 is 3.59. The number of nitrogens with one attached hydrogen (secondary N) is 1. The third kappa shape index (κ3) is 3.12. The van der Waals surface area contributed by atoms with Gasteiger partial charge in [-0.25, -0.2) is 0 Å². The van der Waals surface area contributed by atoms with Crippen molar-refractivity contribution in [3.8, 4) is 0 Å². The molecule has 0 aromatic carbocycles. The molecule has 0 aliphatic carbocycles. The van der Waals surface area contributed by atoms with Gasteiger partial charge in [-0.1, -0.05) is 6.92 Å². The normalized spacial score (nSPS) is 10.7. The van der Waals surface area contributed by atoms with Crippen LogP contribution in [0.4, 0.5) is 0 Å². The smallest absolute Gasteiger partial charge is 0.0794 e. The van der Waals surface area contributed by atoms with Gasteiger partial charge in [0.1, 0.15) is 0 Å². The van der Waals surface area contributed by atoms with Crippen LogP contribution in [0, 0.1) is 0 Å². The van der Waals surface area contributed by atoms with E-state index < -0.39 is 0 Å². The predicted octanol–water partition coefficient (Wildman–Crippen LogP) is 3.06. The molecule has 0 atom stereocenters. The van der Waals surface area contributed by atoms with Crippen molar-refractivity contribution < 1.29 is 0 Å². The van der Waals surface area contributed by atoms with Crippen molar-refractivity contribution in [2.24, 2.45) is 0 Å². The number of rotatable bonds is 5. The summed E-state index contributed by atoms with van der Waals surface area (Å²) in [5.74, 6) is 0. The van der Waals surface area contributed by atoms with Crippen LogP contribution in [-0.2, 0) is 19.5 Å². The van der Waals surface area contributed by atoms with Gasteiger partial charge in [-0.15, -0.1) is 22.7 Å².